The highest BCUT2D eigenvalue weighted by molar-refractivity contribution is 7.08. The van der Waals surface area contributed by atoms with Crippen LogP contribution in [0.5, 0.6) is 0 Å². The lowest BCUT2D eigenvalue weighted by Gasteiger charge is -2.09. The fraction of sp³-hybridized carbons (Fsp3) is 0.333. The van der Waals surface area contributed by atoms with Gasteiger partial charge in [-0.1, -0.05) is 0 Å². The van der Waals surface area contributed by atoms with Crippen molar-refractivity contribution in [3.8, 4) is 0 Å². The Bertz CT molecular complexity index is 439. The smallest absolute Gasteiger partial charge is 0.334 e. The first-order chi connectivity index (χ1) is 8.54. The van der Waals surface area contributed by atoms with E-state index in [0.717, 1.165) is 5.56 Å². The molecule has 0 bridgehead atoms. The van der Waals surface area contributed by atoms with Crippen molar-refractivity contribution >= 4 is 29.4 Å². The zero-order valence-corrected chi connectivity index (χ0v) is 10.8. The van der Waals surface area contributed by atoms with Gasteiger partial charge in [-0.05, 0) is 35.4 Å². The van der Waals surface area contributed by atoms with E-state index in [0.29, 0.717) is 0 Å². The van der Waals surface area contributed by atoms with Crippen LogP contribution >= 0.6 is 11.3 Å². The van der Waals surface area contributed by atoms with Gasteiger partial charge in [0.15, 0.2) is 0 Å². The topological polar surface area (TPSA) is 89.6 Å². The Hall–Kier alpha value is -1.66. The summed E-state index contributed by atoms with van der Waals surface area (Å²) in [6.07, 6.45) is 1.56. The minimum absolute atomic E-state index is 0.0516. The van der Waals surface area contributed by atoms with E-state index in [9.17, 15) is 9.59 Å². The van der Waals surface area contributed by atoms with E-state index in [-0.39, 0.29) is 18.6 Å². The second kappa shape index (κ2) is 6.93. The van der Waals surface area contributed by atoms with Crippen LogP contribution in [-0.2, 0) is 14.3 Å². The zero-order chi connectivity index (χ0) is 13.5. The van der Waals surface area contributed by atoms with Gasteiger partial charge in [-0.2, -0.15) is 11.3 Å². The molecule has 0 amide bonds. The number of carboxylic acids is 1. The molecule has 0 spiro atoms. The molecule has 5 nitrogen and oxygen atoms in total. The SMILES string of the molecule is CCOC(=O)/C(=C/c1ccsc1)C[C@@H](N)C(=O)O. The maximum atomic E-state index is 11.7. The second-order valence-electron chi connectivity index (χ2n) is 3.60. The number of hydrogen-bond acceptors (Lipinski definition) is 5. The van der Waals surface area contributed by atoms with E-state index in [1.807, 2.05) is 16.8 Å². The van der Waals surface area contributed by atoms with Crippen LogP contribution in [0.1, 0.15) is 18.9 Å². The van der Waals surface area contributed by atoms with Crippen molar-refractivity contribution in [1.82, 2.24) is 0 Å². The first-order valence-corrected chi connectivity index (χ1v) is 6.37. The summed E-state index contributed by atoms with van der Waals surface area (Å²) >= 11 is 1.49. The molecule has 0 radical (unpaired) electrons. The number of esters is 1. The van der Waals surface area contributed by atoms with Crippen LogP contribution in [-0.4, -0.2) is 29.7 Å². The molecule has 0 unspecified atom stereocenters. The van der Waals surface area contributed by atoms with Gasteiger partial charge < -0.3 is 15.6 Å². The minimum atomic E-state index is -1.14. The first kappa shape index (κ1) is 14.4. The molecule has 1 aromatic rings. The van der Waals surface area contributed by atoms with Gasteiger partial charge in [-0.25, -0.2) is 4.79 Å². The van der Waals surface area contributed by atoms with Gasteiger partial charge in [0.25, 0.3) is 0 Å². The van der Waals surface area contributed by atoms with Crippen molar-refractivity contribution in [2.75, 3.05) is 6.61 Å². The van der Waals surface area contributed by atoms with Gasteiger partial charge in [-0.3, -0.25) is 4.79 Å². The molecule has 18 heavy (non-hydrogen) atoms. The molecule has 1 heterocycles. The Morgan fingerprint density at radius 1 is 1.61 bits per heavy atom. The van der Waals surface area contributed by atoms with Crippen molar-refractivity contribution in [1.29, 1.82) is 0 Å². The third-order valence-corrected chi connectivity index (χ3v) is 2.88. The molecular formula is C12H15NO4S. The number of aliphatic carboxylic acids is 1. The Morgan fingerprint density at radius 2 is 2.33 bits per heavy atom. The summed E-state index contributed by atoms with van der Waals surface area (Å²) in [4.78, 5) is 22.4. The number of thiophene rings is 1. The highest BCUT2D eigenvalue weighted by atomic mass is 32.1. The number of carbonyl (C=O) groups excluding carboxylic acids is 1. The number of hydrogen-bond donors (Lipinski definition) is 2. The number of nitrogens with two attached hydrogens (primary N) is 1. The fourth-order valence-electron chi connectivity index (χ4n) is 1.31. The third kappa shape index (κ3) is 4.31. The summed E-state index contributed by atoms with van der Waals surface area (Å²) in [7, 11) is 0. The minimum Gasteiger partial charge on any atom is -0.480 e. The van der Waals surface area contributed by atoms with Crippen LogP contribution in [0.4, 0.5) is 0 Å². The van der Waals surface area contributed by atoms with Crippen LogP contribution in [0, 0.1) is 0 Å². The largest absolute Gasteiger partial charge is 0.480 e. The van der Waals surface area contributed by atoms with Crippen molar-refractivity contribution < 1.29 is 19.4 Å². The molecule has 6 heteroatoms. The quantitative estimate of drug-likeness (QED) is 0.603. The standard InChI is InChI=1S/C12H15NO4S/c1-2-17-12(16)9(6-10(13)11(14)15)5-8-3-4-18-7-8/h3-5,7,10H,2,6,13H2,1H3,(H,14,15)/b9-5+/t10-/m1/s1. The van der Waals surface area contributed by atoms with E-state index in [1.54, 1.807) is 13.0 Å². The third-order valence-electron chi connectivity index (χ3n) is 2.18. The molecule has 1 aromatic heterocycles. The average Bonchev–Trinajstić information content (AvgIpc) is 2.81. The van der Waals surface area contributed by atoms with Crippen LogP contribution in [0.3, 0.4) is 0 Å². The summed E-state index contributed by atoms with van der Waals surface area (Å²) in [6.45, 7) is 1.93. The Balaban J connectivity index is 2.88. The lowest BCUT2D eigenvalue weighted by Crippen LogP contribution is -2.31. The maximum Gasteiger partial charge on any atom is 0.334 e. The van der Waals surface area contributed by atoms with Crippen molar-refractivity contribution in [3.05, 3.63) is 28.0 Å². The maximum absolute atomic E-state index is 11.7. The van der Waals surface area contributed by atoms with Gasteiger partial charge in [0, 0.05) is 12.0 Å². The Kier molecular flexibility index (Phi) is 5.54. The Labute approximate surface area is 109 Å². The molecule has 1 atom stereocenters. The normalized spacial score (nSPS) is 13.1. The molecule has 0 aromatic carbocycles. The van der Waals surface area contributed by atoms with Crippen LogP contribution in [0.15, 0.2) is 22.4 Å². The number of ether oxygens (including phenoxy) is 1. The van der Waals surface area contributed by atoms with Crippen molar-refractivity contribution in [2.24, 2.45) is 5.73 Å². The number of rotatable bonds is 6. The van der Waals surface area contributed by atoms with Crippen LogP contribution < -0.4 is 5.73 Å². The fourth-order valence-corrected chi connectivity index (χ4v) is 1.93. The molecule has 0 aliphatic carbocycles. The summed E-state index contributed by atoms with van der Waals surface area (Å²) in [5.41, 5.74) is 6.54. The highest BCUT2D eigenvalue weighted by Gasteiger charge is 2.19. The van der Waals surface area contributed by atoms with Gasteiger partial charge in [-0.15, -0.1) is 0 Å². The molecular weight excluding hydrogens is 254 g/mol. The van der Waals surface area contributed by atoms with Crippen molar-refractivity contribution in [3.63, 3.8) is 0 Å². The van der Waals surface area contributed by atoms with E-state index in [4.69, 9.17) is 15.6 Å². The lowest BCUT2D eigenvalue weighted by atomic mass is 10.0. The molecule has 0 saturated carbocycles. The molecule has 98 valence electrons. The predicted molar refractivity (Wildman–Crippen MR) is 69.2 cm³/mol. The van der Waals surface area contributed by atoms with Crippen molar-refractivity contribution in [2.45, 2.75) is 19.4 Å². The number of carbonyl (C=O) groups is 2. The van der Waals surface area contributed by atoms with Gasteiger partial charge >= 0.3 is 11.9 Å². The van der Waals surface area contributed by atoms with E-state index >= 15 is 0 Å². The summed E-state index contributed by atoms with van der Waals surface area (Å²) in [6, 6.07) is 0.718. The highest BCUT2D eigenvalue weighted by Crippen LogP contribution is 2.15. The molecule has 0 aliphatic rings. The Morgan fingerprint density at radius 3 is 2.83 bits per heavy atom. The summed E-state index contributed by atoms with van der Waals surface area (Å²) in [5, 5.41) is 12.5. The van der Waals surface area contributed by atoms with Gasteiger partial charge in [0.2, 0.25) is 0 Å². The molecule has 0 aliphatic heterocycles. The molecule has 0 saturated heterocycles. The lowest BCUT2D eigenvalue weighted by molar-refractivity contribution is -0.139. The molecule has 3 N–H and O–H groups in total. The molecule has 0 fully saturated rings. The summed E-state index contributed by atoms with van der Waals surface area (Å²) in [5.74, 6) is -1.67. The number of carboxylic acid groups (broad SMARTS) is 1. The van der Waals surface area contributed by atoms with Crippen LogP contribution in [0.25, 0.3) is 6.08 Å². The van der Waals surface area contributed by atoms with E-state index in [2.05, 4.69) is 0 Å². The first-order valence-electron chi connectivity index (χ1n) is 5.43. The van der Waals surface area contributed by atoms with Gasteiger partial charge in [0.1, 0.15) is 6.04 Å². The predicted octanol–water partition coefficient (Wildman–Crippen LogP) is 1.50. The average molecular weight is 269 g/mol. The zero-order valence-electron chi connectivity index (χ0n) is 9.96. The van der Waals surface area contributed by atoms with E-state index in [1.165, 1.54) is 11.3 Å². The monoisotopic (exact) mass is 269 g/mol. The summed E-state index contributed by atoms with van der Waals surface area (Å²) < 4.78 is 4.88. The van der Waals surface area contributed by atoms with Gasteiger partial charge in [0.05, 0.1) is 6.61 Å². The van der Waals surface area contributed by atoms with E-state index < -0.39 is 18.0 Å². The molecule has 1 rings (SSSR count). The van der Waals surface area contributed by atoms with Crippen LogP contribution in [0.2, 0.25) is 0 Å². The second-order valence-corrected chi connectivity index (χ2v) is 4.38.